The Morgan fingerprint density at radius 2 is 2.22 bits per heavy atom. The van der Waals surface area contributed by atoms with Gasteiger partial charge in [-0.25, -0.2) is 0 Å². The van der Waals surface area contributed by atoms with E-state index in [1.54, 1.807) is 7.11 Å². The summed E-state index contributed by atoms with van der Waals surface area (Å²) in [6, 6.07) is 0.471. The molecule has 1 rings (SSSR count). The first-order valence-electron chi connectivity index (χ1n) is 7.19. The molecule has 0 aliphatic carbocycles. The van der Waals surface area contributed by atoms with E-state index in [0.717, 1.165) is 52.4 Å². The van der Waals surface area contributed by atoms with E-state index in [1.807, 2.05) is 0 Å². The normalized spacial score (nSPS) is 25.8. The molecule has 4 nitrogen and oxygen atoms in total. The minimum absolute atomic E-state index is 0.286. The number of rotatable bonds is 9. The van der Waals surface area contributed by atoms with Crippen LogP contribution in [0.15, 0.2) is 0 Å². The number of ether oxygens (including phenoxy) is 2. The first kappa shape index (κ1) is 15.9. The maximum absolute atomic E-state index is 5.64. The van der Waals surface area contributed by atoms with Crippen LogP contribution in [-0.4, -0.2) is 64.1 Å². The lowest BCUT2D eigenvalue weighted by molar-refractivity contribution is 0.0572. The highest BCUT2D eigenvalue weighted by Gasteiger charge is 2.36. The molecule has 18 heavy (non-hydrogen) atoms. The number of hydrogen-bond acceptors (Lipinski definition) is 4. The van der Waals surface area contributed by atoms with E-state index in [1.165, 1.54) is 0 Å². The van der Waals surface area contributed by atoms with Crippen molar-refractivity contribution in [1.82, 2.24) is 10.2 Å². The van der Waals surface area contributed by atoms with E-state index in [4.69, 9.17) is 9.47 Å². The summed E-state index contributed by atoms with van der Waals surface area (Å²) >= 11 is 0. The van der Waals surface area contributed by atoms with E-state index in [9.17, 15) is 0 Å². The molecule has 2 atom stereocenters. The van der Waals surface area contributed by atoms with Crippen LogP contribution in [0.25, 0.3) is 0 Å². The van der Waals surface area contributed by atoms with Crippen molar-refractivity contribution in [3.8, 4) is 0 Å². The third-order valence-electron chi connectivity index (χ3n) is 3.91. The van der Waals surface area contributed by atoms with Gasteiger partial charge in [-0.15, -0.1) is 0 Å². The topological polar surface area (TPSA) is 33.7 Å². The van der Waals surface area contributed by atoms with Gasteiger partial charge in [0.25, 0.3) is 0 Å². The Balaban J connectivity index is 2.57. The molecule has 1 saturated heterocycles. The van der Waals surface area contributed by atoms with Crippen LogP contribution in [0, 0.1) is 5.41 Å². The Kier molecular flexibility index (Phi) is 7.15. The van der Waals surface area contributed by atoms with Crippen molar-refractivity contribution in [2.75, 3.05) is 53.1 Å². The first-order chi connectivity index (χ1) is 8.67. The fourth-order valence-corrected chi connectivity index (χ4v) is 2.72. The van der Waals surface area contributed by atoms with E-state index in [2.05, 4.69) is 31.0 Å². The maximum atomic E-state index is 5.64. The van der Waals surface area contributed by atoms with E-state index in [-0.39, 0.29) is 5.41 Å². The molecule has 0 saturated carbocycles. The Hall–Kier alpha value is -0.160. The van der Waals surface area contributed by atoms with Crippen LogP contribution in [0.5, 0.6) is 0 Å². The van der Waals surface area contributed by atoms with Crippen LogP contribution in [0.3, 0.4) is 0 Å². The quantitative estimate of drug-likeness (QED) is 0.677. The Morgan fingerprint density at radius 3 is 2.72 bits per heavy atom. The highest BCUT2D eigenvalue weighted by Crippen LogP contribution is 2.29. The molecule has 0 aromatic rings. The molecule has 1 heterocycles. The second-order valence-corrected chi connectivity index (χ2v) is 5.45. The van der Waals surface area contributed by atoms with Gasteiger partial charge in [-0.3, -0.25) is 4.90 Å². The van der Waals surface area contributed by atoms with Gasteiger partial charge in [0.2, 0.25) is 0 Å². The summed E-state index contributed by atoms with van der Waals surface area (Å²) in [6.45, 7) is 13.5. The average molecular weight is 258 g/mol. The number of nitrogens with one attached hydrogen (secondary N) is 1. The first-order valence-corrected chi connectivity index (χ1v) is 7.19. The highest BCUT2D eigenvalue weighted by molar-refractivity contribution is 4.89. The van der Waals surface area contributed by atoms with Gasteiger partial charge in [-0.05, 0) is 26.4 Å². The summed E-state index contributed by atoms with van der Waals surface area (Å²) in [7, 11) is 1.78. The average Bonchev–Trinajstić information content (AvgIpc) is 2.83. The number of methoxy groups -OCH3 is 1. The summed E-state index contributed by atoms with van der Waals surface area (Å²) in [4.78, 5) is 2.51. The fraction of sp³-hybridized carbons (Fsp3) is 1.00. The van der Waals surface area contributed by atoms with E-state index >= 15 is 0 Å². The predicted molar refractivity (Wildman–Crippen MR) is 75.0 cm³/mol. The van der Waals surface area contributed by atoms with Gasteiger partial charge in [0.15, 0.2) is 0 Å². The standard InChI is InChI=1S/C14H30N2O2/c1-5-15-10-14(7-8-18-12-14)11-16(6-2)13(3)9-17-4/h13,15H,5-12H2,1-4H3. The third-order valence-corrected chi connectivity index (χ3v) is 3.91. The largest absolute Gasteiger partial charge is 0.383 e. The molecule has 0 spiro atoms. The minimum atomic E-state index is 0.286. The summed E-state index contributed by atoms with van der Waals surface area (Å²) in [5, 5.41) is 3.49. The van der Waals surface area contributed by atoms with Gasteiger partial charge >= 0.3 is 0 Å². The van der Waals surface area contributed by atoms with Crippen molar-refractivity contribution < 1.29 is 9.47 Å². The van der Waals surface area contributed by atoms with Crippen LogP contribution in [-0.2, 0) is 9.47 Å². The Morgan fingerprint density at radius 1 is 1.44 bits per heavy atom. The fourth-order valence-electron chi connectivity index (χ4n) is 2.72. The highest BCUT2D eigenvalue weighted by atomic mass is 16.5. The summed E-state index contributed by atoms with van der Waals surface area (Å²) < 4.78 is 10.9. The van der Waals surface area contributed by atoms with Crippen LogP contribution in [0.4, 0.5) is 0 Å². The van der Waals surface area contributed by atoms with Gasteiger partial charge < -0.3 is 14.8 Å². The molecule has 0 bridgehead atoms. The van der Waals surface area contributed by atoms with Gasteiger partial charge in [-0.1, -0.05) is 13.8 Å². The second-order valence-electron chi connectivity index (χ2n) is 5.45. The summed E-state index contributed by atoms with van der Waals surface area (Å²) in [6.07, 6.45) is 1.16. The molecule has 0 aromatic carbocycles. The van der Waals surface area contributed by atoms with Crippen LogP contribution in [0.1, 0.15) is 27.2 Å². The SMILES string of the molecule is CCNCC1(CN(CC)C(C)COC)CCOC1. The molecule has 1 aliphatic heterocycles. The van der Waals surface area contributed by atoms with Crippen molar-refractivity contribution >= 4 is 0 Å². The predicted octanol–water partition coefficient (Wildman–Crippen LogP) is 1.36. The monoisotopic (exact) mass is 258 g/mol. The number of likely N-dealkylation sites (N-methyl/N-ethyl adjacent to an activating group) is 1. The Bertz CT molecular complexity index is 218. The lowest BCUT2D eigenvalue weighted by Crippen LogP contribution is -2.48. The van der Waals surface area contributed by atoms with Gasteiger partial charge in [-0.2, -0.15) is 0 Å². The molecular weight excluding hydrogens is 228 g/mol. The van der Waals surface area contributed by atoms with Crippen LogP contribution in [0.2, 0.25) is 0 Å². The van der Waals surface area contributed by atoms with Gasteiger partial charge in [0, 0.05) is 38.3 Å². The molecular formula is C14H30N2O2. The summed E-state index contributed by atoms with van der Waals surface area (Å²) in [5.74, 6) is 0. The zero-order valence-electron chi connectivity index (χ0n) is 12.5. The van der Waals surface area contributed by atoms with Crippen molar-refractivity contribution in [1.29, 1.82) is 0 Å². The van der Waals surface area contributed by atoms with Crippen molar-refractivity contribution in [3.63, 3.8) is 0 Å². The summed E-state index contributed by atoms with van der Waals surface area (Å²) in [5.41, 5.74) is 0.286. The van der Waals surface area contributed by atoms with Crippen molar-refractivity contribution in [3.05, 3.63) is 0 Å². The molecule has 1 N–H and O–H groups in total. The zero-order chi connectivity index (χ0) is 13.4. The van der Waals surface area contributed by atoms with Crippen LogP contribution < -0.4 is 5.32 Å². The lowest BCUT2D eigenvalue weighted by Gasteiger charge is -2.37. The molecule has 0 amide bonds. The molecule has 0 radical (unpaired) electrons. The second kappa shape index (κ2) is 8.10. The molecule has 108 valence electrons. The zero-order valence-corrected chi connectivity index (χ0v) is 12.5. The van der Waals surface area contributed by atoms with Gasteiger partial charge in [0.05, 0.1) is 13.2 Å². The molecule has 2 unspecified atom stereocenters. The Labute approximate surface area is 112 Å². The number of nitrogens with zero attached hydrogens (tertiary/aromatic N) is 1. The lowest BCUT2D eigenvalue weighted by atomic mass is 9.86. The van der Waals surface area contributed by atoms with Crippen molar-refractivity contribution in [2.24, 2.45) is 5.41 Å². The molecule has 1 aliphatic rings. The van der Waals surface area contributed by atoms with Gasteiger partial charge in [0.1, 0.15) is 0 Å². The molecule has 0 aromatic heterocycles. The molecule has 1 fully saturated rings. The van der Waals surface area contributed by atoms with E-state index < -0.39 is 0 Å². The minimum Gasteiger partial charge on any atom is -0.383 e. The third kappa shape index (κ3) is 4.50. The van der Waals surface area contributed by atoms with Crippen LogP contribution >= 0.6 is 0 Å². The maximum Gasteiger partial charge on any atom is 0.0615 e. The smallest absolute Gasteiger partial charge is 0.0615 e. The van der Waals surface area contributed by atoms with Crippen molar-refractivity contribution in [2.45, 2.75) is 33.2 Å². The molecule has 4 heteroatoms. The van der Waals surface area contributed by atoms with E-state index in [0.29, 0.717) is 6.04 Å². The number of hydrogen-bond donors (Lipinski definition) is 1.